The zero-order valence-electron chi connectivity index (χ0n) is 9.34. The average molecular weight is 200 g/mol. The Morgan fingerprint density at radius 2 is 1.93 bits per heavy atom. The topological polar surface area (TPSA) is 35.5 Å². The van der Waals surface area contributed by atoms with Crippen LogP contribution in [-0.4, -0.2) is 24.8 Å². The normalized spacial score (nSPS) is 20.3. The van der Waals surface area contributed by atoms with Gasteiger partial charge in [0, 0.05) is 19.3 Å². The fourth-order valence-corrected chi connectivity index (χ4v) is 1.63. The van der Waals surface area contributed by atoms with Crippen molar-refractivity contribution in [2.45, 2.75) is 45.8 Å². The lowest BCUT2D eigenvalue weighted by molar-refractivity contribution is -0.151. The summed E-state index contributed by atoms with van der Waals surface area (Å²) in [6.07, 6.45) is 1.91. The predicted octanol–water partition coefficient (Wildman–Crippen LogP) is 2.14. The largest absolute Gasteiger partial charge is 0.348 e. The van der Waals surface area contributed by atoms with Crippen LogP contribution in [0.2, 0.25) is 0 Å². The summed E-state index contributed by atoms with van der Waals surface area (Å²) in [6.45, 7) is 7.32. The molecule has 1 heterocycles. The molecule has 1 fully saturated rings. The molecule has 0 N–H and O–H groups in total. The van der Waals surface area contributed by atoms with E-state index >= 15 is 0 Å². The molecule has 1 aliphatic rings. The molecule has 1 saturated heterocycles. The van der Waals surface area contributed by atoms with Crippen molar-refractivity contribution in [3.8, 4) is 0 Å². The minimum atomic E-state index is -0.507. The zero-order valence-corrected chi connectivity index (χ0v) is 9.34. The first kappa shape index (κ1) is 11.7. The highest BCUT2D eigenvalue weighted by molar-refractivity contribution is 5.78. The first-order valence-electron chi connectivity index (χ1n) is 5.31. The molecule has 0 atom stereocenters. The van der Waals surface area contributed by atoms with E-state index in [0.717, 1.165) is 0 Å². The maximum atomic E-state index is 11.4. The molecule has 3 heteroatoms. The molecule has 0 saturated carbocycles. The van der Waals surface area contributed by atoms with Gasteiger partial charge in [-0.25, -0.2) is 0 Å². The quantitative estimate of drug-likeness (QED) is 0.682. The smallest absolute Gasteiger partial charge is 0.166 e. The van der Waals surface area contributed by atoms with Crippen LogP contribution in [0.1, 0.15) is 40.0 Å². The lowest BCUT2D eigenvalue weighted by atomic mass is 10.0. The summed E-state index contributed by atoms with van der Waals surface area (Å²) in [5, 5.41) is 0. The number of ketones is 1. The fourth-order valence-electron chi connectivity index (χ4n) is 1.63. The molecule has 1 aliphatic heterocycles. The second kappa shape index (κ2) is 4.89. The van der Waals surface area contributed by atoms with Gasteiger partial charge in [0.25, 0.3) is 0 Å². The van der Waals surface area contributed by atoms with E-state index in [4.69, 9.17) is 9.47 Å². The number of ether oxygens (including phenoxy) is 2. The number of Topliss-reactive ketones (excluding diaryl/α,β-unsaturated/α-hetero) is 1. The number of rotatable bonds is 5. The lowest BCUT2D eigenvalue weighted by Gasteiger charge is -2.21. The molecular formula is C11H20O3. The van der Waals surface area contributed by atoms with Gasteiger partial charge >= 0.3 is 0 Å². The maximum absolute atomic E-state index is 11.4. The Kier molecular flexibility index (Phi) is 4.08. The van der Waals surface area contributed by atoms with Crippen molar-refractivity contribution in [1.82, 2.24) is 0 Å². The van der Waals surface area contributed by atoms with Crippen LogP contribution in [0.3, 0.4) is 0 Å². The molecule has 0 amide bonds. The van der Waals surface area contributed by atoms with Gasteiger partial charge in [-0.3, -0.25) is 4.79 Å². The molecule has 0 radical (unpaired) electrons. The summed E-state index contributed by atoms with van der Waals surface area (Å²) in [5.74, 6) is 0.244. The van der Waals surface area contributed by atoms with Crippen molar-refractivity contribution in [1.29, 1.82) is 0 Å². The molecule has 0 spiro atoms. The molecule has 0 aromatic rings. The summed E-state index contributed by atoms with van der Waals surface area (Å²) in [4.78, 5) is 11.4. The van der Waals surface area contributed by atoms with Crippen molar-refractivity contribution >= 4 is 5.78 Å². The number of carbonyl (C=O) groups excluding carboxylic acids is 1. The van der Waals surface area contributed by atoms with Crippen LogP contribution in [0.15, 0.2) is 0 Å². The second-order valence-corrected chi connectivity index (χ2v) is 4.47. The number of hydrogen-bond acceptors (Lipinski definition) is 3. The number of carbonyl (C=O) groups is 1. The van der Waals surface area contributed by atoms with Crippen LogP contribution in [0.4, 0.5) is 0 Å². The van der Waals surface area contributed by atoms with Crippen molar-refractivity contribution in [3.63, 3.8) is 0 Å². The molecule has 0 aliphatic carbocycles. The third-order valence-electron chi connectivity index (χ3n) is 2.39. The van der Waals surface area contributed by atoms with E-state index in [1.165, 1.54) is 0 Å². The standard InChI is InChI=1S/C11H20O3/c1-9(2)8-10(12)4-5-11(3)13-6-7-14-11/h9H,4-8H2,1-3H3. The van der Waals surface area contributed by atoms with Gasteiger partial charge in [0.1, 0.15) is 5.78 Å². The summed E-state index contributed by atoms with van der Waals surface area (Å²) in [6, 6.07) is 0. The zero-order chi connectivity index (χ0) is 10.6. The highest BCUT2D eigenvalue weighted by Crippen LogP contribution is 2.24. The van der Waals surface area contributed by atoms with E-state index in [-0.39, 0.29) is 0 Å². The number of hydrogen-bond donors (Lipinski definition) is 0. The van der Waals surface area contributed by atoms with E-state index in [1.54, 1.807) is 0 Å². The van der Waals surface area contributed by atoms with Gasteiger partial charge < -0.3 is 9.47 Å². The minimum absolute atomic E-state index is 0.306. The van der Waals surface area contributed by atoms with Gasteiger partial charge in [-0.1, -0.05) is 13.8 Å². The lowest BCUT2D eigenvalue weighted by Crippen LogP contribution is -2.26. The molecule has 1 rings (SSSR count). The van der Waals surface area contributed by atoms with Crippen molar-refractivity contribution < 1.29 is 14.3 Å². The van der Waals surface area contributed by atoms with Gasteiger partial charge in [0.2, 0.25) is 0 Å². The van der Waals surface area contributed by atoms with Crippen LogP contribution in [0.25, 0.3) is 0 Å². The Bertz CT molecular complexity index is 193. The minimum Gasteiger partial charge on any atom is -0.348 e. The molecule has 0 aromatic carbocycles. The van der Waals surface area contributed by atoms with Crippen LogP contribution in [0, 0.1) is 5.92 Å². The average Bonchev–Trinajstić information content (AvgIpc) is 2.49. The first-order valence-corrected chi connectivity index (χ1v) is 5.31. The predicted molar refractivity (Wildman–Crippen MR) is 54.0 cm³/mol. The maximum Gasteiger partial charge on any atom is 0.166 e. The molecule has 0 aromatic heterocycles. The van der Waals surface area contributed by atoms with Gasteiger partial charge in [-0.15, -0.1) is 0 Å². The van der Waals surface area contributed by atoms with Gasteiger partial charge in [0.05, 0.1) is 13.2 Å². The Morgan fingerprint density at radius 3 is 2.43 bits per heavy atom. The van der Waals surface area contributed by atoms with Gasteiger partial charge in [-0.2, -0.15) is 0 Å². The second-order valence-electron chi connectivity index (χ2n) is 4.47. The molecular weight excluding hydrogens is 180 g/mol. The highest BCUT2D eigenvalue weighted by atomic mass is 16.7. The molecule has 82 valence electrons. The first-order chi connectivity index (χ1) is 6.52. The van der Waals surface area contributed by atoms with E-state index in [1.807, 2.05) is 6.92 Å². The van der Waals surface area contributed by atoms with Crippen LogP contribution in [-0.2, 0) is 14.3 Å². The Morgan fingerprint density at radius 1 is 1.36 bits per heavy atom. The SMILES string of the molecule is CC(C)CC(=O)CCC1(C)OCCO1. The fraction of sp³-hybridized carbons (Fsp3) is 0.909. The highest BCUT2D eigenvalue weighted by Gasteiger charge is 2.31. The van der Waals surface area contributed by atoms with Gasteiger partial charge in [-0.05, 0) is 12.8 Å². The summed E-state index contributed by atoms with van der Waals surface area (Å²) < 4.78 is 10.8. The van der Waals surface area contributed by atoms with Crippen LogP contribution < -0.4 is 0 Å². The van der Waals surface area contributed by atoms with Crippen LogP contribution >= 0.6 is 0 Å². The van der Waals surface area contributed by atoms with E-state index in [2.05, 4.69) is 13.8 Å². The monoisotopic (exact) mass is 200 g/mol. The summed E-state index contributed by atoms with van der Waals surface area (Å²) >= 11 is 0. The Balaban J connectivity index is 2.22. The Labute approximate surface area is 85.8 Å². The molecule has 0 unspecified atom stereocenters. The Hall–Kier alpha value is -0.410. The molecule has 14 heavy (non-hydrogen) atoms. The molecule has 3 nitrogen and oxygen atoms in total. The van der Waals surface area contributed by atoms with Crippen LogP contribution in [0.5, 0.6) is 0 Å². The third kappa shape index (κ3) is 3.76. The van der Waals surface area contributed by atoms with Crippen molar-refractivity contribution in [3.05, 3.63) is 0 Å². The summed E-state index contributed by atoms with van der Waals surface area (Å²) in [7, 11) is 0. The summed E-state index contributed by atoms with van der Waals surface area (Å²) in [5.41, 5.74) is 0. The van der Waals surface area contributed by atoms with E-state index < -0.39 is 5.79 Å². The van der Waals surface area contributed by atoms with Gasteiger partial charge in [0.15, 0.2) is 5.79 Å². The van der Waals surface area contributed by atoms with E-state index in [9.17, 15) is 4.79 Å². The van der Waals surface area contributed by atoms with Crippen molar-refractivity contribution in [2.24, 2.45) is 5.92 Å². The van der Waals surface area contributed by atoms with Crippen molar-refractivity contribution in [2.75, 3.05) is 13.2 Å². The third-order valence-corrected chi connectivity index (χ3v) is 2.39. The molecule has 0 bridgehead atoms. The van der Waals surface area contributed by atoms with E-state index in [0.29, 0.717) is 44.2 Å².